The molecule has 4 rings (SSSR count). The number of anilines is 1. The van der Waals surface area contributed by atoms with Crippen molar-refractivity contribution in [3.8, 4) is 11.4 Å². The lowest BCUT2D eigenvalue weighted by atomic mass is 10.2. The molecule has 5 nitrogen and oxygen atoms in total. The minimum Gasteiger partial charge on any atom is -0.365 e. The van der Waals surface area contributed by atoms with Gasteiger partial charge in [0.2, 0.25) is 5.91 Å². The van der Waals surface area contributed by atoms with Crippen molar-refractivity contribution < 1.29 is 4.79 Å². The number of rotatable bonds is 4. The van der Waals surface area contributed by atoms with Gasteiger partial charge in [-0.1, -0.05) is 19.1 Å². The molecule has 0 spiro atoms. The number of fused-ring (bicyclic) bond motifs is 1. The van der Waals surface area contributed by atoms with Crippen LogP contribution in [0.1, 0.15) is 19.8 Å². The van der Waals surface area contributed by atoms with Crippen LogP contribution in [0.5, 0.6) is 0 Å². The minimum atomic E-state index is 0.218. The standard InChI is InChI=1S/C19H20N4OS/c1-2-17(24)23-9-7-14(11-23)20-19-15-5-3-4-6-16(15)21-18(22-19)13-8-10-25-12-13/h3-6,8,10,12,14H,2,7,9,11H2,1H3,(H,20,21,22). The molecular formula is C19H20N4OS. The molecule has 1 aromatic carbocycles. The highest BCUT2D eigenvalue weighted by Gasteiger charge is 2.26. The van der Waals surface area contributed by atoms with E-state index in [-0.39, 0.29) is 11.9 Å². The Kier molecular flexibility index (Phi) is 4.36. The van der Waals surface area contributed by atoms with E-state index in [1.54, 1.807) is 11.3 Å². The lowest BCUT2D eigenvalue weighted by Crippen LogP contribution is -2.31. The maximum absolute atomic E-state index is 11.9. The molecule has 1 fully saturated rings. The number of nitrogens with one attached hydrogen (secondary N) is 1. The molecule has 1 saturated heterocycles. The normalized spacial score (nSPS) is 17.2. The number of para-hydroxylation sites is 1. The van der Waals surface area contributed by atoms with Gasteiger partial charge >= 0.3 is 0 Å². The van der Waals surface area contributed by atoms with Crippen LogP contribution in [-0.4, -0.2) is 39.9 Å². The van der Waals surface area contributed by atoms with Gasteiger partial charge in [0.1, 0.15) is 5.82 Å². The van der Waals surface area contributed by atoms with Crippen molar-refractivity contribution in [2.24, 2.45) is 0 Å². The van der Waals surface area contributed by atoms with Gasteiger partial charge in [-0.25, -0.2) is 9.97 Å². The molecule has 6 heteroatoms. The quantitative estimate of drug-likeness (QED) is 0.776. The number of likely N-dealkylation sites (tertiary alicyclic amines) is 1. The van der Waals surface area contributed by atoms with Gasteiger partial charge < -0.3 is 10.2 Å². The molecule has 1 unspecified atom stereocenters. The van der Waals surface area contributed by atoms with E-state index in [0.29, 0.717) is 6.42 Å². The van der Waals surface area contributed by atoms with Crippen molar-refractivity contribution in [1.82, 2.24) is 14.9 Å². The SMILES string of the molecule is CCC(=O)N1CCC(Nc2nc(-c3ccsc3)nc3ccccc23)C1. The van der Waals surface area contributed by atoms with Gasteiger partial charge in [0.05, 0.1) is 5.52 Å². The Hall–Kier alpha value is -2.47. The van der Waals surface area contributed by atoms with Crippen LogP contribution >= 0.6 is 11.3 Å². The molecule has 1 N–H and O–H groups in total. The highest BCUT2D eigenvalue weighted by Crippen LogP contribution is 2.27. The zero-order chi connectivity index (χ0) is 17.2. The molecule has 0 saturated carbocycles. The van der Waals surface area contributed by atoms with Crippen LogP contribution in [0.4, 0.5) is 5.82 Å². The second-order valence-electron chi connectivity index (χ2n) is 6.25. The van der Waals surface area contributed by atoms with E-state index in [1.165, 1.54) is 0 Å². The third-order valence-electron chi connectivity index (χ3n) is 4.57. The van der Waals surface area contributed by atoms with Crippen molar-refractivity contribution in [3.63, 3.8) is 0 Å². The van der Waals surface area contributed by atoms with Crippen LogP contribution in [0.2, 0.25) is 0 Å². The molecule has 1 atom stereocenters. The maximum Gasteiger partial charge on any atom is 0.222 e. The summed E-state index contributed by atoms with van der Waals surface area (Å²) in [4.78, 5) is 23.3. The lowest BCUT2D eigenvalue weighted by molar-refractivity contribution is -0.129. The van der Waals surface area contributed by atoms with Gasteiger partial charge in [-0.05, 0) is 30.0 Å². The summed E-state index contributed by atoms with van der Waals surface area (Å²) in [6.45, 7) is 3.46. The summed E-state index contributed by atoms with van der Waals surface area (Å²) >= 11 is 1.64. The zero-order valence-corrected chi connectivity index (χ0v) is 14.9. The van der Waals surface area contributed by atoms with Gasteiger partial charge in [-0.2, -0.15) is 11.3 Å². The Labute approximate surface area is 150 Å². The van der Waals surface area contributed by atoms with E-state index in [9.17, 15) is 4.79 Å². The monoisotopic (exact) mass is 352 g/mol. The van der Waals surface area contributed by atoms with Crippen LogP contribution in [0, 0.1) is 0 Å². The van der Waals surface area contributed by atoms with E-state index < -0.39 is 0 Å². The molecule has 25 heavy (non-hydrogen) atoms. The summed E-state index contributed by atoms with van der Waals surface area (Å²) in [5.74, 6) is 1.81. The minimum absolute atomic E-state index is 0.218. The van der Waals surface area contributed by atoms with Gasteiger partial charge in [0.15, 0.2) is 5.82 Å². The van der Waals surface area contributed by atoms with Crippen molar-refractivity contribution >= 4 is 34.0 Å². The topological polar surface area (TPSA) is 58.1 Å². The van der Waals surface area contributed by atoms with E-state index in [1.807, 2.05) is 47.5 Å². The van der Waals surface area contributed by atoms with E-state index in [4.69, 9.17) is 9.97 Å². The number of benzene rings is 1. The van der Waals surface area contributed by atoms with Crippen LogP contribution in [-0.2, 0) is 4.79 Å². The lowest BCUT2D eigenvalue weighted by Gasteiger charge is -2.18. The smallest absolute Gasteiger partial charge is 0.222 e. The van der Waals surface area contributed by atoms with Gasteiger partial charge in [-0.3, -0.25) is 4.79 Å². The first kappa shape index (κ1) is 16.0. The molecule has 0 radical (unpaired) electrons. The van der Waals surface area contributed by atoms with Gasteiger partial charge in [0, 0.05) is 41.9 Å². The molecular weight excluding hydrogens is 332 g/mol. The number of hydrogen-bond donors (Lipinski definition) is 1. The summed E-state index contributed by atoms with van der Waals surface area (Å²) in [5.41, 5.74) is 1.97. The Bertz CT molecular complexity index is 894. The number of aromatic nitrogens is 2. The molecule has 1 aliphatic rings. The highest BCUT2D eigenvalue weighted by atomic mass is 32.1. The van der Waals surface area contributed by atoms with E-state index in [2.05, 4.69) is 10.7 Å². The first-order chi connectivity index (χ1) is 12.2. The fourth-order valence-electron chi connectivity index (χ4n) is 3.23. The van der Waals surface area contributed by atoms with Crippen molar-refractivity contribution in [2.45, 2.75) is 25.8 Å². The van der Waals surface area contributed by atoms with E-state index in [0.717, 1.165) is 47.6 Å². The molecule has 128 valence electrons. The largest absolute Gasteiger partial charge is 0.365 e. The molecule has 1 aliphatic heterocycles. The molecule has 3 heterocycles. The van der Waals surface area contributed by atoms with Crippen LogP contribution in [0.25, 0.3) is 22.3 Å². The Balaban J connectivity index is 1.66. The fourth-order valence-corrected chi connectivity index (χ4v) is 3.86. The Morgan fingerprint density at radius 3 is 3.00 bits per heavy atom. The highest BCUT2D eigenvalue weighted by molar-refractivity contribution is 7.08. The third-order valence-corrected chi connectivity index (χ3v) is 5.25. The molecule has 0 bridgehead atoms. The first-order valence-electron chi connectivity index (χ1n) is 8.58. The van der Waals surface area contributed by atoms with Crippen LogP contribution in [0.3, 0.4) is 0 Å². The third kappa shape index (κ3) is 3.22. The number of carbonyl (C=O) groups excluding carboxylic acids is 1. The summed E-state index contributed by atoms with van der Waals surface area (Å²) < 4.78 is 0. The maximum atomic E-state index is 11.9. The molecule has 1 amide bonds. The second kappa shape index (κ2) is 6.80. The summed E-state index contributed by atoms with van der Waals surface area (Å²) in [7, 11) is 0. The van der Waals surface area contributed by atoms with Crippen molar-refractivity contribution in [3.05, 3.63) is 41.1 Å². The number of carbonyl (C=O) groups is 1. The molecule has 0 aliphatic carbocycles. The van der Waals surface area contributed by atoms with Crippen LogP contribution < -0.4 is 5.32 Å². The predicted molar refractivity (Wildman–Crippen MR) is 102 cm³/mol. The predicted octanol–water partition coefficient (Wildman–Crippen LogP) is 3.78. The Morgan fingerprint density at radius 2 is 2.20 bits per heavy atom. The number of nitrogens with zero attached hydrogens (tertiary/aromatic N) is 3. The van der Waals surface area contributed by atoms with Crippen molar-refractivity contribution in [2.75, 3.05) is 18.4 Å². The van der Waals surface area contributed by atoms with Gasteiger partial charge in [-0.15, -0.1) is 0 Å². The average Bonchev–Trinajstić information content (AvgIpc) is 3.33. The number of thiophene rings is 1. The molecule has 3 aromatic rings. The summed E-state index contributed by atoms with van der Waals surface area (Å²) in [5, 5.41) is 8.66. The Morgan fingerprint density at radius 1 is 1.32 bits per heavy atom. The summed E-state index contributed by atoms with van der Waals surface area (Å²) in [6, 6.07) is 10.3. The fraction of sp³-hybridized carbons (Fsp3) is 0.316. The first-order valence-corrected chi connectivity index (χ1v) is 9.52. The average molecular weight is 352 g/mol. The van der Waals surface area contributed by atoms with Crippen molar-refractivity contribution in [1.29, 1.82) is 0 Å². The molecule has 2 aromatic heterocycles. The zero-order valence-electron chi connectivity index (χ0n) is 14.1. The van der Waals surface area contributed by atoms with Crippen LogP contribution in [0.15, 0.2) is 41.1 Å². The van der Waals surface area contributed by atoms with Gasteiger partial charge in [0.25, 0.3) is 0 Å². The summed E-state index contributed by atoms with van der Waals surface area (Å²) in [6.07, 6.45) is 1.50. The number of amides is 1. The number of hydrogen-bond acceptors (Lipinski definition) is 5. The second-order valence-corrected chi connectivity index (χ2v) is 7.03. The van der Waals surface area contributed by atoms with E-state index >= 15 is 0 Å².